The van der Waals surface area contributed by atoms with Crippen molar-refractivity contribution in [3.05, 3.63) is 44.7 Å². The first kappa shape index (κ1) is 22.0. The van der Waals surface area contributed by atoms with Gasteiger partial charge in [0, 0.05) is 19.3 Å². The van der Waals surface area contributed by atoms with Crippen molar-refractivity contribution in [2.45, 2.75) is 27.2 Å². The van der Waals surface area contributed by atoms with E-state index in [0.29, 0.717) is 23.9 Å². The Hall–Kier alpha value is -2.72. The van der Waals surface area contributed by atoms with E-state index in [2.05, 4.69) is 10.3 Å². The molecule has 10 heteroatoms. The summed E-state index contributed by atoms with van der Waals surface area (Å²) in [5, 5.41) is 12.1. The molecule has 0 unspecified atom stereocenters. The molecule has 2 aromatic heterocycles. The van der Waals surface area contributed by atoms with Crippen molar-refractivity contribution in [3.63, 3.8) is 0 Å². The van der Waals surface area contributed by atoms with Crippen molar-refractivity contribution in [1.82, 2.24) is 14.3 Å². The molecule has 1 saturated heterocycles. The summed E-state index contributed by atoms with van der Waals surface area (Å²) in [5.74, 6) is -0.696. The number of carboxylic acids is 1. The molecule has 0 saturated carbocycles. The van der Waals surface area contributed by atoms with Crippen molar-refractivity contribution in [2.24, 2.45) is 5.92 Å². The summed E-state index contributed by atoms with van der Waals surface area (Å²) in [6.07, 6.45) is 2.92. The van der Waals surface area contributed by atoms with Gasteiger partial charge in [0.05, 0.1) is 16.9 Å². The molecule has 0 radical (unpaired) electrons. The van der Waals surface area contributed by atoms with Gasteiger partial charge in [0.1, 0.15) is 15.8 Å². The maximum atomic E-state index is 13.2. The van der Waals surface area contributed by atoms with Crippen LogP contribution in [0.5, 0.6) is 0 Å². The molecule has 2 aromatic rings. The van der Waals surface area contributed by atoms with E-state index in [1.807, 2.05) is 26.8 Å². The predicted octanol–water partition coefficient (Wildman–Crippen LogP) is 2.75. The van der Waals surface area contributed by atoms with Crippen molar-refractivity contribution >= 4 is 57.7 Å². The molecule has 1 amide bonds. The molecule has 1 fully saturated rings. The fraction of sp³-hybridized carbons (Fsp3) is 0.350. The minimum absolute atomic E-state index is 0.00998. The van der Waals surface area contributed by atoms with Crippen molar-refractivity contribution in [1.29, 1.82) is 0 Å². The number of nitrogens with zero attached hydrogens (tertiary/aromatic N) is 3. The van der Waals surface area contributed by atoms with Crippen LogP contribution in [0.2, 0.25) is 0 Å². The van der Waals surface area contributed by atoms with Gasteiger partial charge in [-0.1, -0.05) is 43.9 Å². The van der Waals surface area contributed by atoms with E-state index in [4.69, 9.17) is 17.3 Å². The number of aliphatic carboxylic acids is 1. The number of hydrogen-bond donors (Lipinski definition) is 2. The molecule has 0 atom stereocenters. The summed E-state index contributed by atoms with van der Waals surface area (Å²) < 4.78 is 1.72. The molecule has 8 nitrogen and oxygen atoms in total. The predicted molar refractivity (Wildman–Crippen MR) is 122 cm³/mol. The Morgan fingerprint density at radius 1 is 1.40 bits per heavy atom. The first-order valence-electron chi connectivity index (χ1n) is 9.42. The van der Waals surface area contributed by atoms with Gasteiger partial charge in [-0.3, -0.25) is 23.7 Å². The minimum atomic E-state index is -1.01. The van der Waals surface area contributed by atoms with Crippen molar-refractivity contribution in [3.8, 4) is 0 Å². The molecular weight excluding hydrogens is 424 g/mol. The highest BCUT2D eigenvalue weighted by molar-refractivity contribution is 8.26. The van der Waals surface area contributed by atoms with Crippen LogP contribution in [0, 0.1) is 12.8 Å². The number of anilines is 1. The molecule has 0 aromatic carbocycles. The number of carboxylic acid groups (broad SMARTS) is 1. The van der Waals surface area contributed by atoms with E-state index in [1.165, 1.54) is 15.4 Å². The van der Waals surface area contributed by atoms with Gasteiger partial charge in [0.25, 0.3) is 11.5 Å². The first-order valence-corrected chi connectivity index (χ1v) is 10.6. The standard InChI is InChI=1S/C20H22N4O4S2/c1-11(2)10-21-16-13(18(27)23-7-4-5-12(3)17(23)22-16)9-14-19(28)24(20(29)30-14)8-6-15(25)26/h4-5,7,9,11,21H,6,8,10H2,1-3H3,(H,25,26). The SMILES string of the molecule is Cc1cccn2c(=O)c(C=C3SC(=S)N(CCC(=O)O)C3=O)c(NCC(C)C)nc12. The number of rotatable bonds is 7. The van der Waals surface area contributed by atoms with Gasteiger partial charge in [0.15, 0.2) is 0 Å². The normalized spacial score (nSPS) is 15.6. The van der Waals surface area contributed by atoms with Gasteiger partial charge in [-0.05, 0) is 30.5 Å². The highest BCUT2D eigenvalue weighted by Gasteiger charge is 2.32. The monoisotopic (exact) mass is 446 g/mol. The number of hydrogen-bond acceptors (Lipinski definition) is 7. The maximum absolute atomic E-state index is 13.2. The summed E-state index contributed by atoms with van der Waals surface area (Å²) in [4.78, 5) is 43.0. The number of aryl methyl sites for hydroxylation is 1. The van der Waals surface area contributed by atoms with Gasteiger partial charge in [0.2, 0.25) is 0 Å². The molecule has 3 heterocycles. The Balaban J connectivity index is 2.08. The summed E-state index contributed by atoms with van der Waals surface area (Å²) in [6, 6.07) is 3.64. The van der Waals surface area contributed by atoms with Crippen LogP contribution in [0.3, 0.4) is 0 Å². The second-order valence-electron chi connectivity index (χ2n) is 7.32. The van der Waals surface area contributed by atoms with Crippen molar-refractivity contribution < 1.29 is 14.7 Å². The molecule has 1 aliphatic heterocycles. The number of nitrogens with one attached hydrogen (secondary N) is 1. The largest absolute Gasteiger partial charge is 0.481 e. The lowest BCUT2D eigenvalue weighted by atomic mass is 10.2. The molecule has 158 valence electrons. The molecule has 1 aliphatic rings. The van der Waals surface area contributed by atoms with Crippen LogP contribution in [0.1, 0.15) is 31.4 Å². The van der Waals surface area contributed by atoms with Crippen LogP contribution in [0.25, 0.3) is 11.7 Å². The lowest BCUT2D eigenvalue weighted by Gasteiger charge is -2.14. The fourth-order valence-electron chi connectivity index (χ4n) is 2.91. The number of fused-ring (bicyclic) bond motifs is 1. The van der Waals surface area contributed by atoms with Gasteiger partial charge >= 0.3 is 5.97 Å². The number of amides is 1. The topological polar surface area (TPSA) is 104 Å². The lowest BCUT2D eigenvalue weighted by Crippen LogP contribution is -2.30. The van der Waals surface area contributed by atoms with Crippen LogP contribution < -0.4 is 10.9 Å². The Kier molecular flexibility index (Phi) is 6.57. The summed E-state index contributed by atoms with van der Waals surface area (Å²) in [6.45, 7) is 6.55. The fourth-order valence-corrected chi connectivity index (χ4v) is 4.20. The number of thioether (sulfide) groups is 1. The summed E-state index contributed by atoms with van der Waals surface area (Å²) in [5.41, 5.74) is 1.36. The van der Waals surface area contributed by atoms with Gasteiger partial charge < -0.3 is 10.4 Å². The third-order valence-corrected chi connectivity index (χ3v) is 5.84. The van der Waals surface area contributed by atoms with Gasteiger partial charge in [-0.25, -0.2) is 4.98 Å². The number of carbonyl (C=O) groups excluding carboxylic acids is 1. The lowest BCUT2D eigenvalue weighted by molar-refractivity contribution is -0.137. The second kappa shape index (κ2) is 8.97. The molecule has 30 heavy (non-hydrogen) atoms. The quantitative estimate of drug-likeness (QED) is 0.494. The smallest absolute Gasteiger partial charge is 0.305 e. The second-order valence-corrected chi connectivity index (χ2v) is 8.99. The number of pyridine rings is 1. The molecule has 2 N–H and O–H groups in total. The number of aromatic nitrogens is 2. The molecule has 0 spiro atoms. The number of thiocarbonyl (C=S) groups is 1. The Bertz CT molecular complexity index is 1120. The average molecular weight is 447 g/mol. The minimum Gasteiger partial charge on any atom is -0.481 e. The van der Waals surface area contributed by atoms with Crippen LogP contribution in [0.15, 0.2) is 28.0 Å². The van der Waals surface area contributed by atoms with Crippen molar-refractivity contribution in [2.75, 3.05) is 18.4 Å². The zero-order valence-electron chi connectivity index (χ0n) is 16.8. The average Bonchev–Trinajstić information content (AvgIpc) is 2.94. The molecule has 3 rings (SSSR count). The molecular formula is C20H22N4O4S2. The third kappa shape index (κ3) is 4.54. The van der Waals surface area contributed by atoms with Gasteiger partial charge in [-0.15, -0.1) is 0 Å². The van der Waals surface area contributed by atoms with E-state index < -0.39 is 11.9 Å². The molecule has 0 aliphatic carbocycles. The van der Waals surface area contributed by atoms with E-state index in [9.17, 15) is 14.4 Å². The maximum Gasteiger partial charge on any atom is 0.305 e. The zero-order chi connectivity index (χ0) is 22.0. The van der Waals surface area contributed by atoms with Gasteiger partial charge in [-0.2, -0.15) is 0 Å². The Morgan fingerprint density at radius 2 is 2.13 bits per heavy atom. The van der Waals surface area contributed by atoms with E-state index in [1.54, 1.807) is 12.3 Å². The number of carbonyl (C=O) groups is 2. The van der Waals surface area contributed by atoms with Crippen LogP contribution >= 0.6 is 24.0 Å². The Morgan fingerprint density at radius 3 is 2.80 bits per heavy atom. The summed E-state index contributed by atoms with van der Waals surface area (Å²) in [7, 11) is 0. The van der Waals surface area contributed by atoms with E-state index in [0.717, 1.165) is 17.3 Å². The summed E-state index contributed by atoms with van der Waals surface area (Å²) >= 11 is 6.28. The molecule has 0 bridgehead atoms. The first-order chi connectivity index (χ1) is 14.2. The van der Waals surface area contributed by atoms with Crippen LogP contribution in [-0.2, 0) is 9.59 Å². The highest BCUT2D eigenvalue weighted by Crippen LogP contribution is 2.33. The zero-order valence-corrected chi connectivity index (χ0v) is 18.5. The van der Waals surface area contributed by atoms with E-state index >= 15 is 0 Å². The Labute approximate surface area is 183 Å². The van der Waals surface area contributed by atoms with Crippen LogP contribution in [0.4, 0.5) is 5.82 Å². The highest BCUT2D eigenvalue weighted by atomic mass is 32.2. The van der Waals surface area contributed by atoms with Crippen LogP contribution in [-0.4, -0.2) is 48.7 Å². The van der Waals surface area contributed by atoms with E-state index in [-0.39, 0.29) is 33.3 Å². The third-order valence-electron chi connectivity index (χ3n) is 4.46.